The highest BCUT2D eigenvalue weighted by Gasteiger charge is 2.25. The van der Waals surface area contributed by atoms with Crippen molar-refractivity contribution in [3.8, 4) is 0 Å². The van der Waals surface area contributed by atoms with Gasteiger partial charge >= 0.3 is 0 Å². The number of aryl methyl sites for hydroxylation is 1. The smallest absolute Gasteiger partial charge is 0.254 e. The molecule has 2 amide bonds. The molecular weight excluding hydrogens is 392 g/mol. The second-order valence-electron chi connectivity index (χ2n) is 8.22. The number of aromatic nitrogens is 3. The molecule has 8 nitrogen and oxygen atoms in total. The summed E-state index contributed by atoms with van der Waals surface area (Å²) < 4.78 is 1.75. The van der Waals surface area contributed by atoms with Gasteiger partial charge in [0.15, 0.2) is 5.65 Å². The maximum Gasteiger partial charge on any atom is 0.254 e. The number of anilines is 2. The lowest BCUT2D eigenvalue weighted by atomic mass is 10.0. The number of benzene rings is 1. The molecule has 1 saturated carbocycles. The molecule has 1 aliphatic carbocycles. The molecule has 1 aliphatic heterocycles. The highest BCUT2D eigenvalue weighted by atomic mass is 16.2. The first-order valence-corrected chi connectivity index (χ1v) is 10.5. The topological polar surface area (TPSA) is 100 Å². The first kappa shape index (κ1) is 19.3. The third-order valence-electron chi connectivity index (χ3n) is 5.83. The number of amides is 2. The molecule has 0 spiro atoms. The minimum absolute atomic E-state index is 0.0773. The van der Waals surface area contributed by atoms with Crippen molar-refractivity contribution < 1.29 is 9.59 Å². The zero-order valence-electron chi connectivity index (χ0n) is 17.5. The van der Waals surface area contributed by atoms with Crippen molar-refractivity contribution in [3.05, 3.63) is 58.3 Å². The van der Waals surface area contributed by atoms with Crippen LogP contribution in [0.15, 0.2) is 36.0 Å². The zero-order chi connectivity index (χ0) is 21.5. The van der Waals surface area contributed by atoms with Crippen LogP contribution in [-0.4, -0.2) is 32.5 Å². The van der Waals surface area contributed by atoms with Gasteiger partial charge in [0.25, 0.3) is 5.91 Å². The molecule has 8 heteroatoms. The lowest BCUT2D eigenvalue weighted by molar-refractivity contribution is -0.124. The summed E-state index contributed by atoms with van der Waals surface area (Å²) in [6.45, 7) is 4.88. The van der Waals surface area contributed by atoms with Gasteiger partial charge in [0.2, 0.25) is 5.91 Å². The molecule has 0 radical (unpaired) electrons. The van der Waals surface area contributed by atoms with Crippen molar-refractivity contribution in [2.75, 3.05) is 10.6 Å². The summed E-state index contributed by atoms with van der Waals surface area (Å²) >= 11 is 0. The zero-order valence-corrected chi connectivity index (χ0v) is 17.5. The van der Waals surface area contributed by atoms with Crippen LogP contribution in [0.5, 0.6) is 0 Å². The van der Waals surface area contributed by atoms with Crippen LogP contribution >= 0.6 is 0 Å². The number of imide groups is 1. The molecule has 0 bridgehead atoms. The molecule has 3 aromatic rings. The number of fused-ring (bicyclic) bond motifs is 1. The van der Waals surface area contributed by atoms with Gasteiger partial charge in [-0.25, -0.2) is 4.98 Å². The fourth-order valence-electron chi connectivity index (χ4n) is 3.71. The van der Waals surface area contributed by atoms with E-state index in [1.165, 1.54) is 16.7 Å². The fraction of sp³-hybridized carbons (Fsp3) is 0.304. The first-order valence-electron chi connectivity index (χ1n) is 10.5. The fourth-order valence-corrected chi connectivity index (χ4v) is 3.71. The number of nitrogens with zero attached hydrogens (tertiary/aromatic N) is 3. The van der Waals surface area contributed by atoms with E-state index in [1.807, 2.05) is 6.07 Å². The Balaban J connectivity index is 1.50. The SMILES string of the molecule is Cc1cccc(CNc2cc(NC3CC3)n3ncc(/C=C4\CC(=O)NC4=O)c3n2)c1C. The van der Waals surface area contributed by atoms with Crippen LogP contribution in [-0.2, 0) is 16.1 Å². The number of hydrogen-bond acceptors (Lipinski definition) is 6. The van der Waals surface area contributed by atoms with E-state index < -0.39 is 0 Å². The van der Waals surface area contributed by atoms with Crippen LogP contribution in [0, 0.1) is 13.8 Å². The van der Waals surface area contributed by atoms with Gasteiger partial charge in [-0.1, -0.05) is 18.2 Å². The molecule has 1 saturated heterocycles. The van der Waals surface area contributed by atoms with Crippen LogP contribution in [0.3, 0.4) is 0 Å². The first-order chi connectivity index (χ1) is 15.0. The molecule has 2 fully saturated rings. The number of rotatable bonds is 6. The number of carbonyl (C=O) groups is 2. The Hall–Kier alpha value is -3.68. The van der Waals surface area contributed by atoms with Crippen LogP contribution in [0.4, 0.5) is 11.6 Å². The largest absolute Gasteiger partial charge is 0.367 e. The molecule has 2 aromatic heterocycles. The van der Waals surface area contributed by atoms with Crippen molar-refractivity contribution in [1.82, 2.24) is 19.9 Å². The summed E-state index contributed by atoms with van der Waals surface area (Å²) in [5, 5.41) is 13.7. The molecular formula is C23H24N6O2. The Bertz CT molecular complexity index is 1240. The van der Waals surface area contributed by atoms with E-state index >= 15 is 0 Å². The van der Waals surface area contributed by atoms with Gasteiger partial charge in [-0.2, -0.15) is 9.61 Å². The van der Waals surface area contributed by atoms with Gasteiger partial charge in [-0.05, 0) is 49.5 Å². The van der Waals surface area contributed by atoms with E-state index in [2.05, 4.69) is 53.1 Å². The average molecular weight is 416 g/mol. The summed E-state index contributed by atoms with van der Waals surface area (Å²) in [5.74, 6) is 0.939. The molecule has 3 heterocycles. The molecule has 5 rings (SSSR count). The maximum atomic E-state index is 12.0. The Labute approximate surface area is 179 Å². The van der Waals surface area contributed by atoms with E-state index in [0.29, 0.717) is 29.4 Å². The minimum atomic E-state index is -0.357. The van der Waals surface area contributed by atoms with E-state index in [1.54, 1.807) is 16.8 Å². The lowest BCUT2D eigenvalue weighted by Gasteiger charge is -2.13. The van der Waals surface area contributed by atoms with Crippen molar-refractivity contribution in [3.63, 3.8) is 0 Å². The van der Waals surface area contributed by atoms with Crippen LogP contribution < -0.4 is 16.0 Å². The van der Waals surface area contributed by atoms with Crippen LogP contribution in [0.1, 0.15) is 41.5 Å². The van der Waals surface area contributed by atoms with Crippen LogP contribution in [0.25, 0.3) is 11.7 Å². The number of hydrogen-bond donors (Lipinski definition) is 3. The molecule has 158 valence electrons. The second kappa shape index (κ2) is 7.54. The Kier molecular flexibility index (Phi) is 4.69. The van der Waals surface area contributed by atoms with Gasteiger partial charge in [0.05, 0.1) is 12.6 Å². The van der Waals surface area contributed by atoms with Crippen LogP contribution in [0.2, 0.25) is 0 Å². The van der Waals surface area contributed by atoms with E-state index in [9.17, 15) is 9.59 Å². The summed E-state index contributed by atoms with van der Waals surface area (Å²) in [6.07, 6.45) is 5.72. The quantitative estimate of drug-likeness (QED) is 0.422. The van der Waals surface area contributed by atoms with Gasteiger partial charge in [-0.3, -0.25) is 14.9 Å². The summed E-state index contributed by atoms with van der Waals surface area (Å²) in [6, 6.07) is 8.69. The molecule has 0 atom stereocenters. The Morgan fingerprint density at radius 3 is 2.84 bits per heavy atom. The van der Waals surface area contributed by atoms with Gasteiger partial charge in [0, 0.05) is 29.8 Å². The van der Waals surface area contributed by atoms with Gasteiger partial charge in [-0.15, -0.1) is 0 Å². The predicted octanol–water partition coefficient (Wildman–Crippen LogP) is 2.96. The minimum Gasteiger partial charge on any atom is -0.367 e. The standard InChI is InChI=1S/C23H24N6O2/c1-13-4-3-5-15(14(13)2)11-24-19-10-20(26-18-6-7-18)29-22(27-19)17(12-25-29)8-16-9-21(30)28-23(16)31/h3-5,8,10,12,18,26H,6-7,9,11H2,1-2H3,(H,24,27)(H,28,30,31)/b16-8+. The third kappa shape index (κ3) is 3.88. The molecule has 3 N–H and O–H groups in total. The monoisotopic (exact) mass is 416 g/mol. The molecule has 2 aliphatic rings. The molecule has 0 unspecified atom stereocenters. The van der Waals surface area contributed by atoms with E-state index in [0.717, 1.165) is 24.5 Å². The predicted molar refractivity (Wildman–Crippen MR) is 119 cm³/mol. The number of carbonyl (C=O) groups excluding carboxylic acids is 2. The Morgan fingerprint density at radius 1 is 1.26 bits per heavy atom. The lowest BCUT2D eigenvalue weighted by Crippen LogP contribution is -2.19. The van der Waals surface area contributed by atoms with Crippen molar-refractivity contribution in [2.24, 2.45) is 0 Å². The van der Waals surface area contributed by atoms with Gasteiger partial charge < -0.3 is 10.6 Å². The van der Waals surface area contributed by atoms with E-state index in [4.69, 9.17) is 4.98 Å². The maximum absolute atomic E-state index is 12.0. The average Bonchev–Trinajstić information content (AvgIpc) is 3.37. The van der Waals surface area contributed by atoms with Crippen molar-refractivity contribution >= 4 is 35.2 Å². The molecule has 31 heavy (non-hydrogen) atoms. The normalized spacial score (nSPS) is 17.4. The Morgan fingerprint density at radius 2 is 2.10 bits per heavy atom. The molecule has 1 aromatic carbocycles. The summed E-state index contributed by atoms with van der Waals surface area (Å²) in [5.41, 5.74) is 5.50. The third-order valence-corrected chi connectivity index (χ3v) is 5.83. The van der Waals surface area contributed by atoms with Gasteiger partial charge in [0.1, 0.15) is 11.6 Å². The summed E-state index contributed by atoms with van der Waals surface area (Å²) in [4.78, 5) is 28.3. The van der Waals surface area contributed by atoms with Crippen molar-refractivity contribution in [2.45, 2.75) is 45.7 Å². The van der Waals surface area contributed by atoms with E-state index in [-0.39, 0.29) is 18.2 Å². The summed E-state index contributed by atoms with van der Waals surface area (Å²) in [7, 11) is 0. The number of nitrogens with one attached hydrogen (secondary N) is 3. The highest BCUT2D eigenvalue weighted by molar-refractivity contribution is 6.15. The highest BCUT2D eigenvalue weighted by Crippen LogP contribution is 2.28. The van der Waals surface area contributed by atoms with Crippen molar-refractivity contribution in [1.29, 1.82) is 0 Å². The second-order valence-corrected chi connectivity index (χ2v) is 8.22.